The maximum absolute atomic E-state index is 11.6. The molecule has 0 bridgehead atoms. The molecule has 1 aromatic carbocycles. The molecule has 0 saturated carbocycles. The molecule has 0 unspecified atom stereocenters. The van der Waals surface area contributed by atoms with Gasteiger partial charge >= 0.3 is 0 Å². The maximum atomic E-state index is 11.6. The molecule has 3 nitrogen and oxygen atoms in total. The number of methoxy groups -OCH3 is 1. The summed E-state index contributed by atoms with van der Waals surface area (Å²) in [5.74, 6) is 0.443. The Kier molecular flexibility index (Phi) is 4.99. The van der Waals surface area contributed by atoms with Crippen molar-refractivity contribution in [3.05, 3.63) is 35.4 Å². The first-order valence-electron chi connectivity index (χ1n) is 5.52. The quantitative estimate of drug-likeness (QED) is 0.774. The van der Waals surface area contributed by atoms with Crippen molar-refractivity contribution >= 4 is 5.91 Å². The summed E-state index contributed by atoms with van der Waals surface area (Å²) in [5, 5.41) is 2.78. The Bertz CT molecular complexity index is 330. The number of ether oxygens (including phenoxy) is 1. The van der Waals surface area contributed by atoms with Gasteiger partial charge in [-0.2, -0.15) is 0 Å². The number of nitrogens with one attached hydrogen (secondary N) is 1. The highest BCUT2D eigenvalue weighted by molar-refractivity contribution is 5.94. The fourth-order valence-corrected chi connectivity index (χ4v) is 1.39. The lowest BCUT2D eigenvalue weighted by Crippen LogP contribution is -2.26. The van der Waals surface area contributed by atoms with Crippen molar-refractivity contribution in [3.8, 4) is 0 Å². The average molecular weight is 221 g/mol. The molecule has 88 valence electrons. The van der Waals surface area contributed by atoms with Crippen molar-refractivity contribution in [2.75, 3.05) is 20.3 Å². The van der Waals surface area contributed by atoms with Crippen LogP contribution in [0.15, 0.2) is 24.3 Å². The molecule has 0 radical (unpaired) electrons. The van der Waals surface area contributed by atoms with Crippen molar-refractivity contribution in [3.63, 3.8) is 0 Å². The second-order valence-corrected chi connectivity index (χ2v) is 4.03. The Morgan fingerprint density at radius 1 is 1.31 bits per heavy atom. The van der Waals surface area contributed by atoms with Crippen LogP contribution < -0.4 is 5.32 Å². The third-order valence-electron chi connectivity index (χ3n) is 2.43. The number of carbonyl (C=O) groups excluding carboxylic acids is 1. The minimum absolute atomic E-state index is 0.0487. The number of rotatable bonds is 5. The summed E-state index contributed by atoms with van der Waals surface area (Å²) in [6.45, 7) is 5.35. The molecule has 1 aromatic rings. The molecule has 0 aromatic heterocycles. The van der Waals surface area contributed by atoms with Gasteiger partial charge in [-0.15, -0.1) is 0 Å². The SMILES string of the molecule is COCCNC(=O)c1ccc(C(C)C)cc1. The maximum Gasteiger partial charge on any atom is 0.251 e. The van der Waals surface area contributed by atoms with Crippen molar-refractivity contribution in [1.29, 1.82) is 0 Å². The molecule has 0 aliphatic carbocycles. The Morgan fingerprint density at radius 2 is 1.94 bits per heavy atom. The lowest BCUT2D eigenvalue weighted by Gasteiger charge is -2.07. The van der Waals surface area contributed by atoms with Crippen LogP contribution in [-0.2, 0) is 4.74 Å². The van der Waals surface area contributed by atoms with E-state index >= 15 is 0 Å². The molecule has 1 N–H and O–H groups in total. The van der Waals surface area contributed by atoms with E-state index in [4.69, 9.17) is 4.74 Å². The zero-order chi connectivity index (χ0) is 12.0. The summed E-state index contributed by atoms with van der Waals surface area (Å²) in [6.07, 6.45) is 0. The van der Waals surface area contributed by atoms with E-state index in [9.17, 15) is 4.79 Å². The molecule has 0 spiro atoms. The van der Waals surface area contributed by atoms with Crippen LogP contribution in [0.25, 0.3) is 0 Å². The highest BCUT2D eigenvalue weighted by Gasteiger charge is 2.05. The van der Waals surface area contributed by atoms with Gasteiger partial charge < -0.3 is 10.1 Å². The highest BCUT2D eigenvalue weighted by Crippen LogP contribution is 2.14. The fraction of sp³-hybridized carbons (Fsp3) is 0.462. The van der Waals surface area contributed by atoms with E-state index in [1.165, 1.54) is 5.56 Å². The normalized spacial score (nSPS) is 10.5. The molecule has 3 heteroatoms. The Hall–Kier alpha value is -1.35. The van der Waals surface area contributed by atoms with Crippen LogP contribution in [0.2, 0.25) is 0 Å². The number of carbonyl (C=O) groups is 1. The summed E-state index contributed by atoms with van der Waals surface area (Å²) in [4.78, 5) is 11.6. The molecule has 0 fully saturated rings. The van der Waals surface area contributed by atoms with E-state index < -0.39 is 0 Å². The van der Waals surface area contributed by atoms with E-state index in [-0.39, 0.29) is 5.91 Å². The van der Waals surface area contributed by atoms with Gasteiger partial charge in [0.15, 0.2) is 0 Å². The number of benzene rings is 1. The third-order valence-corrected chi connectivity index (χ3v) is 2.43. The van der Waals surface area contributed by atoms with Crippen LogP contribution in [0, 0.1) is 0 Å². The summed E-state index contributed by atoms with van der Waals surface area (Å²) in [7, 11) is 1.61. The number of hydrogen-bond acceptors (Lipinski definition) is 2. The molecule has 0 saturated heterocycles. The van der Waals surface area contributed by atoms with Crippen molar-refractivity contribution in [2.45, 2.75) is 19.8 Å². The summed E-state index contributed by atoms with van der Waals surface area (Å²) >= 11 is 0. The highest BCUT2D eigenvalue weighted by atomic mass is 16.5. The Balaban J connectivity index is 2.56. The first-order valence-corrected chi connectivity index (χ1v) is 5.52. The second-order valence-electron chi connectivity index (χ2n) is 4.03. The standard InChI is InChI=1S/C13H19NO2/c1-10(2)11-4-6-12(7-5-11)13(15)14-8-9-16-3/h4-7,10H,8-9H2,1-3H3,(H,14,15). The van der Waals surface area contributed by atoms with Gasteiger partial charge in [-0.1, -0.05) is 26.0 Å². The van der Waals surface area contributed by atoms with E-state index in [1.54, 1.807) is 7.11 Å². The third kappa shape index (κ3) is 3.66. The van der Waals surface area contributed by atoms with Crippen molar-refractivity contribution < 1.29 is 9.53 Å². The van der Waals surface area contributed by atoms with Gasteiger partial charge in [0.25, 0.3) is 5.91 Å². The van der Waals surface area contributed by atoms with Crippen LogP contribution in [0.4, 0.5) is 0 Å². The van der Waals surface area contributed by atoms with Gasteiger partial charge in [-0.05, 0) is 23.6 Å². The van der Waals surface area contributed by atoms with Crippen LogP contribution in [0.3, 0.4) is 0 Å². The van der Waals surface area contributed by atoms with Gasteiger partial charge in [-0.3, -0.25) is 4.79 Å². The monoisotopic (exact) mass is 221 g/mol. The topological polar surface area (TPSA) is 38.3 Å². The zero-order valence-corrected chi connectivity index (χ0v) is 10.1. The first kappa shape index (κ1) is 12.7. The predicted molar refractivity (Wildman–Crippen MR) is 64.7 cm³/mol. The van der Waals surface area contributed by atoms with E-state index in [1.807, 2.05) is 24.3 Å². The van der Waals surface area contributed by atoms with Gasteiger partial charge in [0, 0.05) is 19.2 Å². The fourth-order valence-electron chi connectivity index (χ4n) is 1.39. The van der Waals surface area contributed by atoms with Gasteiger partial charge in [0.1, 0.15) is 0 Å². The molecule has 0 aliphatic rings. The average Bonchev–Trinajstić information content (AvgIpc) is 2.29. The van der Waals surface area contributed by atoms with Gasteiger partial charge in [-0.25, -0.2) is 0 Å². The smallest absolute Gasteiger partial charge is 0.251 e. The number of hydrogen-bond donors (Lipinski definition) is 1. The van der Waals surface area contributed by atoms with Crippen LogP contribution in [0.5, 0.6) is 0 Å². The van der Waals surface area contributed by atoms with Gasteiger partial charge in [0.2, 0.25) is 0 Å². The van der Waals surface area contributed by atoms with Crippen molar-refractivity contribution in [2.24, 2.45) is 0 Å². The van der Waals surface area contributed by atoms with Crippen molar-refractivity contribution in [1.82, 2.24) is 5.32 Å². The van der Waals surface area contributed by atoms with Gasteiger partial charge in [0.05, 0.1) is 6.61 Å². The molecule has 0 atom stereocenters. The number of amides is 1. The molecule has 1 rings (SSSR count). The Morgan fingerprint density at radius 3 is 2.44 bits per heavy atom. The summed E-state index contributed by atoms with van der Waals surface area (Å²) in [5.41, 5.74) is 1.94. The Labute approximate surface area is 96.8 Å². The summed E-state index contributed by atoms with van der Waals surface area (Å²) < 4.78 is 4.86. The first-order chi connectivity index (χ1) is 7.65. The molecule has 1 amide bonds. The molecule has 16 heavy (non-hydrogen) atoms. The minimum atomic E-state index is -0.0487. The zero-order valence-electron chi connectivity index (χ0n) is 10.1. The lowest BCUT2D eigenvalue weighted by molar-refractivity contribution is 0.0937. The second kappa shape index (κ2) is 6.28. The van der Waals surface area contributed by atoms with Crippen LogP contribution >= 0.6 is 0 Å². The molecule has 0 aliphatic heterocycles. The molecular weight excluding hydrogens is 202 g/mol. The lowest BCUT2D eigenvalue weighted by atomic mass is 10.0. The molecule has 0 heterocycles. The predicted octanol–water partition coefficient (Wildman–Crippen LogP) is 2.19. The van der Waals surface area contributed by atoms with Crippen LogP contribution in [0.1, 0.15) is 35.7 Å². The van der Waals surface area contributed by atoms with E-state index in [0.717, 1.165) is 0 Å². The minimum Gasteiger partial charge on any atom is -0.383 e. The van der Waals surface area contributed by atoms with Crippen LogP contribution in [-0.4, -0.2) is 26.2 Å². The molecular formula is C13H19NO2. The van der Waals surface area contributed by atoms with E-state index in [2.05, 4.69) is 19.2 Å². The van der Waals surface area contributed by atoms with E-state index in [0.29, 0.717) is 24.6 Å². The summed E-state index contributed by atoms with van der Waals surface area (Å²) in [6, 6.07) is 7.71. The largest absolute Gasteiger partial charge is 0.383 e.